The van der Waals surface area contributed by atoms with Crippen LogP contribution in [0.1, 0.15) is 24.1 Å². The van der Waals surface area contributed by atoms with Gasteiger partial charge in [-0.25, -0.2) is 13.2 Å². The molecule has 1 N–H and O–H groups in total. The Bertz CT molecular complexity index is 658. The van der Waals surface area contributed by atoms with Crippen LogP contribution in [-0.4, -0.2) is 7.11 Å². The van der Waals surface area contributed by atoms with Gasteiger partial charge in [-0.2, -0.15) is 0 Å². The summed E-state index contributed by atoms with van der Waals surface area (Å²) in [5.41, 5.74) is 0.540. The molecular weight excluding hydrogens is 279 g/mol. The Labute approximate surface area is 121 Å². The molecule has 0 aliphatic heterocycles. The van der Waals surface area contributed by atoms with Crippen molar-refractivity contribution in [1.29, 1.82) is 0 Å². The summed E-state index contributed by atoms with van der Waals surface area (Å²) in [5, 5.41) is 2.83. The summed E-state index contributed by atoms with van der Waals surface area (Å²) >= 11 is 0. The largest absolute Gasteiger partial charge is 0.497 e. The molecule has 0 heterocycles. The standard InChI is InChI=1S/C16H16F3NO/c1-9-6-15(19)12(8-14(9)18)10(2)20-16-7-11(21-3)4-5-13(16)17/h4-8,10,20H,1-3H3. The summed E-state index contributed by atoms with van der Waals surface area (Å²) in [5.74, 6) is -1.04. The number of benzene rings is 2. The lowest BCUT2D eigenvalue weighted by Gasteiger charge is -2.18. The van der Waals surface area contributed by atoms with Gasteiger partial charge in [0.1, 0.15) is 23.2 Å². The van der Waals surface area contributed by atoms with Gasteiger partial charge < -0.3 is 10.1 Å². The number of nitrogens with one attached hydrogen (secondary N) is 1. The number of hydrogen-bond donors (Lipinski definition) is 1. The molecule has 0 fully saturated rings. The summed E-state index contributed by atoms with van der Waals surface area (Å²) in [7, 11) is 1.47. The molecule has 2 aromatic carbocycles. The Kier molecular flexibility index (Phi) is 4.40. The van der Waals surface area contributed by atoms with E-state index in [-0.39, 0.29) is 16.8 Å². The number of aryl methyl sites for hydroxylation is 1. The Morgan fingerprint density at radius 1 is 1.00 bits per heavy atom. The van der Waals surface area contributed by atoms with Crippen molar-refractivity contribution in [3.63, 3.8) is 0 Å². The molecule has 0 spiro atoms. The summed E-state index contributed by atoms with van der Waals surface area (Å²) < 4.78 is 46.2. The number of methoxy groups -OCH3 is 1. The second-order valence-corrected chi connectivity index (χ2v) is 4.83. The highest BCUT2D eigenvalue weighted by Crippen LogP contribution is 2.27. The van der Waals surface area contributed by atoms with Crippen LogP contribution in [0.4, 0.5) is 18.9 Å². The van der Waals surface area contributed by atoms with Crippen LogP contribution in [0, 0.1) is 24.4 Å². The van der Waals surface area contributed by atoms with Crippen LogP contribution in [-0.2, 0) is 0 Å². The molecule has 0 saturated carbocycles. The molecule has 2 aromatic rings. The minimum Gasteiger partial charge on any atom is -0.497 e. The highest BCUT2D eigenvalue weighted by molar-refractivity contribution is 5.51. The lowest BCUT2D eigenvalue weighted by atomic mass is 10.0. The smallest absolute Gasteiger partial charge is 0.146 e. The van der Waals surface area contributed by atoms with Gasteiger partial charge in [0, 0.05) is 11.6 Å². The molecule has 2 nitrogen and oxygen atoms in total. The molecule has 0 aromatic heterocycles. The fourth-order valence-corrected chi connectivity index (χ4v) is 2.05. The molecule has 0 bridgehead atoms. The molecule has 21 heavy (non-hydrogen) atoms. The number of halogens is 3. The summed E-state index contributed by atoms with van der Waals surface area (Å²) in [6, 6.07) is 5.86. The zero-order valence-corrected chi connectivity index (χ0v) is 12.0. The topological polar surface area (TPSA) is 21.3 Å². The van der Waals surface area contributed by atoms with E-state index in [4.69, 9.17) is 4.74 Å². The third-order valence-electron chi connectivity index (χ3n) is 3.29. The summed E-state index contributed by atoms with van der Waals surface area (Å²) in [6.07, 6.45) is 0. The SMILES string of the molecule is COc1ccc(F)c(NC(C)c2cc(F)c(C)cc2F)c1. The van der Waals surface area contributed by atoms with Gasteiger partial charge in [-0.1, -0.05) is 0 Å². The van der Waals surface area contributed by atoms with Crippen molar-refractivity contribution < 1.29 is 17.9 Å². The monoisotopic (exact) mass is 295 g/mol. The van der Waals surface area contributed by atoms with E-state index in [2.05, 4.69) is 5.32 Å². The van der Waals surface area contributed by atoms with Crippen LogP contribution in [0.2, 0.25) is 0 Å². The van der Waals surface area contributed by atoms with Gasteiger partial charge in [0.05, 0.1) is 18.8 Å². The first-order chi connectivity index (χ1) is 9.92. The van der Waals surface area contributed by atoms with E-state index in [0.717, 1.165) is 12.1 Å². The molecule has 1 atom stereocenters. The molecule has 0 aliphatic carbocycles. The summed E-state index contributed by atoms with van der Waals surface area (Å²) in [4.78, 5) is 0. The minimum absolute atomic E-state index is 0.139. The van der Waals surface area contributed by atoms with Crippen LogP contribution < -0.4 is 10.1 Å². The second kappa shape index (κ2) is 6.08. The average Bonchev–Trinajstić information content (AvgIpc) is 2.45. The molecule has 2 rings (SSSR count). The first-order valence-corrected chi connectivity index (χ1v) is 6.48. The third kappa shape index (κ3) is 3.29. The van der Waals surface area contributed by atoms with Crippen LogP contribution in [0.25, 0.3) is 0 Å². The van der Waals surface area contributed by atoms with Gasteiger partial charge in [0.15, 0.2) is 0 Å². The van der Waals surface area contributed by atoms with Gasteiger partial charge in [-0.15, -0.1) is 0 Å². The molecule has 0 radical (unpaired) electrons. The normalized spacial score (nSPS) is 12.1. The molecule has 0 aliphatic rings. The van der Waals surface area contributed by atoms with Crippen molar-refractivity contribution in [3.05, 3.63) is 58.9 Å². The number of ether oxygens (including phenoxy) is 1. The maximum absolute atomic E-state index is 13.9. The first kappa shape index (κ1) is 15.2. The molecular formula is C16H16F3NO. The maximum atomic E-state index is 13.9. The predicted molar refractivity (Wildman–Crippen MR) is 76.1 cm³/mol. The van der Waals surface area contributed by atoms with Gasteiger partial charge in [-0.05, 0) is 43.7 Å². The lowest BCUT2D eigenvalue weighted by Crippen LogP contribution is -2.11. The first-order valence-electron chi connectivity index (χ1n) is 6.48. The van der Waals surface area contributed by atoms with Crippen molar-refractivity contribution >= 4 is 5.69 Å². The van der Waals surface area contributed by atoms with Crippen molar-refractivity contribution in [1.82, 2.24) is 0 Å². The van der Waals surface area contributed by atoms with E-state index in [0.29, 0.717) is 5.75 Å². The minimum atomic E-state index is -0.596. The van der Waals surface area contributed by atoms with Crippen LogP contribution >= 0.6 is 0 Å². The van der Waals surface area contributed by atoms with E-state index in [1.54, 1.807) is 6.92 Å². The fraction of sp³-hybridized carbons (Fsp3) is 0.250. The van der Waals surface area contributed by atoms with Crippen LogP contribution in [0.5, 0.6) is 5.75 Å². The molecule has 5 heteroatoms. The predicted octanol–water partition coefficient (Wildman–Crippen LogP) is 4.59. The van der Waals surface area contributed by atoms with Gasteiger partial charge in [-0.3, -0.25) is 0 Å². The Morgan fingerprint density at radius 2 is 1.71 bits per heavy atom. The van der Waals surface area contributed by atoms with Gasteiger partial charge in [0.2, 0.25) is 0 Å². The van der Waals surface area contributed by atoms with E-state index in [1.165, 1.54) is 32.2 Å². The van der Waals surface area contributed by atoms with E-state index in [1.807, 2.05) is 0 Å². The summed E-state index contributed by atoms with van der Waals surface area (Å²) in [6.45, 7) is 3.12. The third-order valence-corrected chi connectivity index (χ3v) is 3.29. The molecule has 1 unspecified atom stereocenters. The van der Waals surface area contributed by atoms with Gasteiger partial charge in [0.25, 0.3) is 0 Å². The van der Waals surface area contributed by atoms with E-state index >= 15 is 0 Å². The average molecular weight is 295 g/mol. The number of hydrogen-bond acceptors (Lipinski definition) is 2. The van der Waals surface area contributed by atoms with E-state index < -0.39 is 23.5 Å². The fourth-order valence-electron chi connectivity index (χ4n) is 2.05. The number of anilines is 1. The molecule has 112 valence electrons. The number of rotatable bonds is 4. The zero-order chi connectivity index (χ0) is 15.6. The quantitative estimate of drug-likeness (QED) is 0.890. The second-order valence-electron chi connectivity index (χ2n) is 4.83. The molecule has 0 saturated heterocycles. The van der Waals surface area contributed by atoms with Crippen molar-refractivity contribution in [2.75, 3.05) is 12.4 Å². The Morgan fingerprint density at radius 3 is 2.38 bits per heavy atom. The highest BCUT2D eigenvalue weighted by Gasteiger charge is 2.15. The Hall–Kier alpha value is -2.17. The van der Waals surface area contributed by atoms with Crippen LogP contribution in [0.15, 0.2) is 30.3 Å². The lowest BCUT2D eigenvalue weighted by molar-refractivity contribution is 0.414. The zero-order valence-electron chi connectivity index (χ0n) is 12.0. The highest BCUT2D eigenvalue weighted by atomic mass is 19.1. The van der Waals surface area contributed by atoms with Crippen molar-refractivity contribution in [2.24, 2.45) is 0 Å². The molecule has 0 amide bonds. The van der Waals surface area contributed by atoms with E-state index in [9.17, 15) is 13.2 Å². The van der Waals surface area contributed by atoms with Crippen LogP contribution in [0.3, 0.4) is 0 Å². The van der Waals surface area contributed by atoms with Gasteiger partial charge >= 0.3 is 0 Å². The van der Waals surface area contributed by atoms with Crippen molar-refractivity contribution in [2.45, 2.75) is 19.9 Å². The van der Waals surface area contributed by atoms with Crippen molar-refractivity contribution in [3.8, 4) is 5.75 Å². The maximum Gasteiger partial charge on any atom is 0.146 e. The Balaban J connectivity index is 2.30.